The molecule has 1 unspecified atom stereocenters. The zero-order valence-electron chi connectivity index (χ0n) is 11.1. The summed E-state index contributed by atoms with van der Waals surface area (Å²) in [6, 6.07) is 6.36. The highest BCUT2D eigenvalue weighted by atomic mass is 16.5. The summed E-state index contributed by atoms with van der Waals surface area (Å²) in [4.78, 5) is 0. The van der Waals surface area contributed by atoms with Crippen LogP contribution in [-0.4, -0.2) is 24.8 Å². The Labute approximate surface area is 108 Å². The van der Waals surface area contributed by atoms with E-state index in [9.17, 15) is 0 Å². The third-order valence-electron chi connectivity index (χ3n) is 3.95. The highest BCUT2D eigenvalue weighted by Crippen LogP contribution is 2.27. The summed E-state index contributed by atoms with van der Waals surface area (Å²) in [6.45, 7) is 2.33. The van der Waals surface area contributed by atoms with Crippen molar-refractivity contribution in [2.75, 3.05) is 20.2 Å². The predicted octanol–water partition coefficient (Wildman–Crippen LogP) is 2.34. The first-order valence-electron chi connectivity index (χ1n) is 6.60. The summed E-state index contributed by atoms with van der Waals surface area (Å²) in [5.74, 6) is 1.72. The SMILES string of the molecule is COc1ccc2c(CC3CCNC3)cn(C)c2c1. The smallest absolute Gasteiger partial charge is 0.120 e. The van der Waals surface area contributed by atoms with Crippen LogP contribution in [0.25, 0.3) is 10.9 Å². The Kier molecular flexibility index (Phi) is 3.00. The number of fused-ring (bicyclic) bond motifs is 1. The van der Waals surface area contributed by atoms with Gasteiger partial charge in [0.05, 0.1) is 12.6 Å². The second-order valence-electron chi connectivity index (χ2n) is 5.21. The van der Waals surface area contributed by atoms with E-state index >= 15 is 0 Å². The molecule has 1 aromatic heterocycles. The summed E-state index contributed by atoms with van der Waals surface area (Å²) in [5, 5.41) is 4.80. The monoisotopic (exact) mass is 244 g/mol. The number of benzene rings is 1. The van der Waals surface area contributed by atoms with Gasteiger partial charge in [-0.2, -0.15) is 0 Å². The summed E-state index contributed by atoms with van der Waals surface area (Å²) >= 11 is 0. The van der Waals surface area contributed by atoms with Crippen LogP contribution in [0.2, 0.25) is 0 Å². The minimum Gasteiger partial charge on any atom is -0.497 e. The fourth-order valence-corrected chi connectivity index (χ4v) is 2.94. The Balaban J connectivity index is 1.96. The molecule has 3 rings (SSSR count). The van der Waals surface area contributed by atoms with E-state index in [1.165, 1.54) is 35.9 Å². The fourth-order valence-electron chi connectivity index (χ4n) is 2.94. The number of hydrogen-bond acceptors (Lipinski definition) is 2. The molecule has 1 fully saturated rings. The molecule has 2 heterocycles. The molecule has 1 aliphatic heterocycles. The molecule has 1 aromatic carbocycles. The van der Waals surface area contributed by atoms with Crippen molar-refractivity contribution in [3.8, 4) is 5.75 Å². The molecule has 0 radical (unpaired) electrons. The van der Waals surface area contributed by atoms with Crippen LogP contribution in [0.5, 0.6) is 5.75 Å². The quantitative estimate of drug-likeness (QED) is 0.897. The van der Waals surface area contributed by atoms with E-state index in [-0.39, 0.29) is 0 Å². The molecule has 0 amide bonds. The molecular formula is C15H20N2O. The molecule has 1 N–H and O–H groups in total. The maximum Gasteiger partial charge on any atom is 0.120 e. The number of nitrogens with zero attached hydrogens (tertiary/aromatic N) is 1. The van der Waals surface area contributed by atoms with E-state index < -0.39 is 0 Å². The molecule has 18 heavy (non-hydrogen) atoms. The van der Waals surface area contributed by atoms with Crippen molar-refractivity contribution in [2.24, 2.45) is 13.0 Å². The van der Waals surface area contributed by atoms with E-state index in [0.717, 1.165) is 18.2 Å². The zero-order valence-corrected chi connectivity index (χ0v) is 11.1. The normalized spacial score (nSPS) is 19.6. The van der Waals surface area contributed by atoms with Crippen LogP contribution in [0.15, 0.2) is 24.4 Å². The third kappa shape index (κ3) is 1.99. The van der Waals surface area contributed by atoms with Gasteiger partial charge in [0.2, 0.25) is 0 Å². The Morgan fingerprint density at radius 2 is 2.33 bits per heavy atom. The van der Waals surface area contributed by atoms with Crippen molar-refractivity contribution >= 4 is 10.9 Å². The van der Waals surface area contributed by atoms with E-state index in [0.29, 0.717) is 0 Å². The van der Waals surface area contributed by atoms with Crippen molar-refractivity contribution in [1.82, 2.24) is 9.88 Å². The second-order valence-corrected chi connectivity index (χ2v) is 5.21. The second kappa shape index (κ2) is 4.65. The van der Waals surface area contributed by atoms with Gasteiger partial charge in [-0.3, -0.25) is 0 Å². The van der Waals surface area contributed by atoms with Gasteiger partial charge in [0, 0.05) is 24.7 Å². The Morgan fingerprint density at radius 1 is 1.44 bits per heavy atom. The number of ether oxygens (including phenoxy) is 1. The van der Waals surface area contributed by atoms with Crippen LogP contribution in [0.4, 0.5) is 0 Å². The molecule has 0 aliphatic carbocycles. The number of methoxy groups -OCH3 is 1. The van der Waals surface area contributed by atoms with Crippen LogP contribution in [0.1, 0.15) is 12.0 Å². The lowest BCUT2D eigenvalue weighted by Crippen LogP contribution is -2.10. The topological polar surface area (TPSA) is 26.2 Å². The highest BCUT2D eigenvalue weighted by molar-refractivity contribution is 5.85. The van der Waals surface area contributed by atoms with Crippen molar-refractivity contribution in [1.29, 1.82) is 0 Å². The molecule has 0 bridgehead atoms. The summed E-state index contributed by atoms with van der Waals surface area (Å²) in [7, 11) is 3.83. The molecule has 0 saturated carbocycles. The molecule has 3 nitrogen and oxygen atoms in total. The van der Waals surface area contributed by atoms with Crippen molar-refractivity contribution < 1.29 is 4.74 Å². The average Bonchev–Trinajstić information content (AvgIpc) is 2.99. The molecular weight excluding hydrogens is 224 g/mol. The van der Waals surface area contributed by atoms with Crippen LogP contribution < -0.4 is 10.1 Å². The molecule has 0 spiro atoms. The maximum absolute atomic E-state index is 5.30. The largest absolute Gasteiger partial charge is 0.497 e. The molecule has 2 aromatic rings. The average molecular weight is 244 g/mol. The number of aryl methyl sites for hydroxylation is 1. The lowest BCUT2D eigenvalue weighted by Gasteiger charge is -2.06. The third-order valence-corrected chi connectivity index (χ3v) is 3.95. The van der Waals surface area contributed by atoms with Gasteiger partial charge in [-0.15, -0.1) is 0 Å². The fraction of sp³-hybridized carbons (Fsp3) is 0.467. The van der Waals surface area contributed by atoms with E-state index in [1.54, 1.807) is 7.11 Å². The zero-order chi connectivity index (χ0) is 12.5. The van der Waals surface area contributed by atoms with Crippen LogP contribution in [0, 0.1) is 5.92 Å². The van der Waals surface area contributed by atoms with Gasteiger partial charge >= 0.3 is 0 Å². The Morgan fingerprint density at radius 3 is 3.06 bits per heavy atom. The van der Waals surface area contributed by atoms with Crippen molar-refractivity contribution in [3.63, 3.8) is 0 Å². The van der Waals surface area contributed by atoms with Crippen LogP contribution in [0.3, 0.4) is 0 Å². The van der Waals surface area contributed by atoms with Gasteiger partial charge < -0.3 is 14.6 Å². The lowest BCUT2D eigenvalue weighted by atomic mass is 9.98. The predicted molar refractivity (Wildman–Crippen MR) is 74.2 cm³/mol. The first-order valence-corrected chi connectivity index (χ1v) is 6.60. The standard InChI is InChI=1S/C15H20N2O/c1-17-10-12(7-11-5-6-16-9-11)14-4-3-13(18-2)8-15(14)17/h3-4,8,10-11,16H,5-7,9H2,1-2H3. The van der Waals surface area contributed by atoms with Crippen LogP contribution in [-0.2, 0) is 13.5 Å². The van der Waals surface area contributed by atoms with E-state index in [2.05, 4.69) is 41.3 Å². The molecule has 1 atom stereocenters. The van der Waals surface area contributed by atoms with Gasteiger partial charge in [-0.1, -0.05) is 0 Å². The molecule has 3 heteroatoms. The Hall–Kier alpha value is -1.48. The molecule has 96 valence electrons. The van der Waals surface area contributed by atoms with Gasteiger partial charge in [-0.05, 0) is 49.5 Å². The van der Waals surface area contributed by atoms with Crippen molar-refractivity contribution in [3.05, 3.63) is 30.0 Å². The highest BCUT2D eigenvalue weighted by Gasteiger charge is 2.17. The summed E-state index contributed by atoms with van der Waals surface area (Å²) in [5.41, 5.74) is 2.72. The van der Waals surface area contributed by atoms with Gasteiger partial charge in [0.1, 0.15) is 5.75 Å². The Bertz CT molecular complexity index is 553. The van der Waals surface area contributed by atoms with Gasteiger partial charge in [0.25, 0.3) is 0 Å². The minimum absolute atomic E-state index is 0.790. The maximum atomic E-state index is 5.30. The van der Waals surface area contributed by atoms with E-state index in [4.69, 9.17) is 4.74 Å². The molecule has 1 aliphatic rings. The number of rotatable bonds is 3. The van der Waals surface area contributed by atoms with Crippen LogP contribution >= 0.6 is 0 Å². The number of hydrogen-bond donors (Lipinski definition) is 1. The number of nitrogens with one attached hydrogen (secondary N) is 1. The number of aromatic nitrogens is 1. The van der Waals surface area contributed by atoms with Gasteiger partial charge in [0.15, 0.2) is 0 Å². The van der Waals surface area contributed by atoms with Crippen molar-refractivity contribution in [2.45, 2.75) is 12.8 Å². The first-order chi connectivity index (χ1) is 8.78. The summed E-state index contributed by atoms with van der Waals surface area (Å²) < 4.78 is 7.50. The lowest BCUT2D eigenvalue weighted by molar-refractivity contribution is 0.415. The minimum atomic E-state index is 0.790. The summed E-state index contributed by atoms with van der Waals surface area (Å²) in [6.07, 6.45) is 4.74. The molecule has 1 saturated heterocycles. The van der Waals surface area contributed by atoms with Gasteiger partial charge in [-0.25, -0.2) is 0 Å². The van der Waals surface area contributed by atoms with E-state index in [1.807, 2.05) is 0 Å². The first kappa shape index (κ1) is 11.6.